The Morgan fingerprint density at radius 3 is 2.56 bits per heavy atom. The fraction of sp³-hybridized carbons (Fsp3) is 0.440. The molecule has 1 atom stereocenters. The molecule has 1 unspecified atom stereocenters. The van der Waals surface area contributed by atoms with Crippen molar-refractivity contribution in [1.82, 2.24) is 10.2 Å². The molecule has 2 aromatic carbocycles. The highest BCUT2D eigenvalue weighted by Gasteiger charge is 2.28. The number of carbonyl (C=O) groups excluding carboxylic acids is 2. The zero-order chi connectivity index (χ0) is 22.9. The number of thioether (sulfide) groups is 1. The Balaban J connectivity index is 1.64. The van der Waals surface area contributed by atoms with Crippen molar-refractivity contribution >= 4 is 51.1 Å². The van der Waals surface area contributed by atoms with E-state index in [2.05, 4.69) is 21.2 Å². The molecule has 3 rings (SSSR count). The lowest BCUT2D eigenvalue weighted by Crippen LogP contribution is -2.50. The topological polar surface area (TPSA) is 49.4 Å². The lowest BCUT2D eigenvalue weighted by molar-refractivity contribution is -0.140. The zero-order valence-electron chi connectivity index (χ0n) is 18.4. The summed E-state index contributed by atoms with van der Waals surface area (Å²) < 4.78 is 0.958. The third-order valence-electron chi connectivity index (χ3n) is 5.76. The summed E-state index contributed by atoms with van der Waals surface area (Å²) in [5.74, 6) is 0.565. The molecule has 2 amide bonds. The molecule has 7 heteroatoms. The number of benzene rings is 2. The Morgan fingerprint density at radius 2 is 1.88 bits per heavy atom. The molecule has 0 aromatic heterocycles. The molecular formula is C25H30BrClN2O2S. The summed E-state index contributed by atoms with van der Waals surface area (Å²) in [4.78, 5) is 29.0. The summed E-state index contributed by atoms with van der Waals surface area (Å²) in [5.41, 5.74) is 0.996. The second-order valence-corrected chi connectivity index (χ2v) is 10.7. The molecule has 2 aromatic rings. The average Bonchev–Trinajstić information content (AvgIpc) is 2.79. The van der Waals surface area contributed by atoms with E-state index in [-0.39, 0.29) is 17.9 Å². The van der Waals surface area contributed by atoms with Crippen LogP contribution in [0.2, 0.25) is 5.02 Å². The van der Waals surface area contributed by atoms with Crippen molar-refractivity contribution in [3.63, 3.8) is 0 Å². The first-order valence-corrected chi connectivity index (χ1v) is 13.3. The number of hydrogen-bond donors (Lipinski definition) is 1. The Morgan fingerprint density at radius 1 is 1.16 bits per heavy atom. The van der Waals surface area contributed by atoms with E-state index in [9.17, 15) is 9.59 Å². The molecule has 1 fully saturated rings. The van der Waals surface area contributed by atoms with Crippen molar-refractivity contribution in [2.45, 2.75) is 69.0 Å². The normalized spacial score (nSPS) is 15.2. The Kier molecular flexibility index (Phi) is 9.94. The second-order valence-electron chi connectivity index (χ2n) is 8.22. The summed E-state index contributed by atoms with van der Waals surface area (Å²) in [6.45, 7) is 2.24. The van der Waals surface area contributed by atoms with E-state index in [1.54, 1.807) is 16.7 Å². The number of amides is 2. The van der Waals surface area contributed by atoms with Crippen molar-refractivity contribution in [1.29, 1.82) is 0 Å². The highest BCUT2D eigenvalue weighted by atomic mass is 79.9. The van der Waals surface area contributed by atoms with Crippen LogP contribution in [0.4, 0.5) is 0 Å². The Labute approximate surface area is 208 Å². The van der Waals surface area contributed by atoms with Gasteiger partial charge in [0.2, 0.25) is 11.8 Å². The zero-order valence-corrected chi connectivity index (χ0v) is 21.5. The van der Waals surface area contributed by atoms with Crippen molar-refractivity contribution in [2.24, 2.45) is 0 Å². The van der Waals surface area contributed by atoms with Crippen molar-refractivity contribution < 1.29 is 9.59 Å². The Hall–Kier alpha value is -1.50. The maximum Gasteiger partial charge on any atom is 0.242 e. The molecule has 1 aliphatic carbocycles. The first kappa shape index (κ1) is 25.1. The smallest absolute Gasteiger partial charge is 0.242 e. The molecule has 0 bridgehead atoms. The van der Waals surface area contributed by atoms with Gasteiger partial charge in [-0.15, -0.1) is 11.8 Å². The summed E-state index contributed by atoms with van der Waals surface area (Å²) in [7, 11) is 0. The van der Waals surface area contributed by atoms with Crippen LogP contribution in [0.15, 0.2) is 57.9 Å². The van der Waals surface area contributed by atoms with Gasteiger partial charge in [0.05, 0.1) is 0 Å². The van der Waals surface area contributed by atoms with Gasteiger partial charge in [-0.25, -0.2) is 0 Å². The van der Waals surface area contributed by atoms with Crippen LogP contribution in [0.3, 0.4) is 0 Å². The SMILES string of the molecule is CC(C(=O)NC1CCCCC1)N(Cc1cccc(Br)c1)C(=O)CCSc1ccc(Cl)cc1. The first-order chi connectivity index (χ1) is 15.4. The largest absolute Gasteiger partial charge is 0.352 e. The predicted octanol–water partition coefficient (Wildman–Crippen LogP) is 6.45. The molecule has 0 radical (unpaired) electrons. The molecule has 0 saturated heterocycles. The van der Waals surface area contributed by atoms with Crippen LogP contribution in [0.25, 0.3) is 0 Å². The van der Waals surface area contributed by atoms with E-state index in [4.69, 9.17) is 11.6 Å². The summed E-state index contributed by atoms with van der Waals surface area (Å²) in [6.07, 6.45) is 5.96. The lowest BCUT2D eigenvalue weighted by atomic mass is 9.95. The summed E-state index contributed by atoms with van der Waals surface area (Å²) in [6, 6.07) is 15.2. The number of carbonyl (C=O) groups is 2. The highest BCUT2D eigenvalue weighted by Crippen LogP contribution is 2.23. The van der Waals surface area contributed by atoms with E-state index < -0.39 is 6.04 Å². The number of hydrogen-bond acceptors (Lipinski definition) is 3. The highest BCUT2D eigenvalue weighted by molar-refractivity contribution is 9.10. The molecule has 1 N–H and O–H groups in total. The third kappa shape index (κ3) is 7.82. The van der Waals surface area contributed by atoms with E-state index >= 15 is 0 Å². The van der Waals surface area contributed by atoms with Crippen LogP contribution < -0.4 is 5.32 Å². The quantitative estimate of drug-likeness (QED) is 0.374. The van der Waals surface area contributed by atoms with Crippen molar-refractivity contribution in [2.75, 3.05) is 5.75 Å². The van der Waals surface area contributed by atoms with Gasteiger partial charge in [-0.2, -0.15) is 0 Å². The van der Waals surface area contributed by atoms with Gasteiger partial charge in [0.25, 0.3) is 0 Å². The number of halogens is 2. The monoisotopic (exact) mass is 536 g/mol. The van der Waals surface area contributed by atoms with Gasteiger partial charge in [-0.05, 0) is 61.7 Å². The number of nitrogens with one attached hydrogen (secondary N) is 1. The average molecular weight is 538 g/mol. The molecular weight excluding hydrogens is 508 g/mol. The van der Waals surface area contributed by atoms with Gasteiger partial charge >= 0.3 is 0 Å². The van der Waals surface area contributed by atoms with E-state index in [0.717, 1.165) is 40.6 Å². The molecule has 0 spiro atoms. The number of nitrogens with zero attached hydrogens (tertiary/aromatic N) is 1. The molecule has 1 saturated carbocycles. The van der Waals surface area contributed by atoms with Gasteiger partial charge in [0, 0.05) is 39.2 Å². The molecule has 0 heterocycles. The van der Waals surface area contributed by atoms with Gasteiger partial charge in [-0.3, -0.25) is 9.59 Å². The first-order valence-electron chi connectivity index (χ1n) is 11.1. The molecule has 4 nitrogen and oxygen atoms in total. The van der Waals surface area contributed by atoms with Gasteiger partial charge < -0.3 is 10.2 Å². The Bertz CT molecular complexity index is 903. The van der Waals surface area contributed by atoms with Crippen LogP contribution in [0.5, 0.6) is 0 Å². The number of rotatable bonds is 9. The van der Waals surface area contributed by atoms with Crippen LogP contribution in [-0.4, -0.2) is 34.6 Å². The molecule has 1 aliphatic rings. The predicted molar refractivity (Wildman–Crippen MR) is 136 cm³/mol. The molecule has 172 valence electrons. The van der Waals surface area contributed by atoms with E-state index in [1.807, 2.05) is 55.5 Å². The van der Waals surface area contributed by atoms with Crippen molar-refractivity contribution in [3.05, 3.63) is 63.6 Å². The maximum atomic E-state index is 13.2. The lowest BCUT2D eigenvalue weighted by Gasteiger charge is -2.31. The van der Waals surface area contributed by atoms with E-state index in [0.29, 0.717) is 23.7 Å². The summed E-state index contributed by atoms with van der Waals surface area (Å²) in [5, 5.41) is 3.88. The fourth-order valence-corrected chi connectivity index (χ4v) is 5.33. The van der Waals surface area contributed by atoms with Crippen LogP contribution in [-0.2, 0) is 16.1 Å². The molecule has 0 aliphatic heterocycles. The fourth-order valence-electron chi connectivity index (χ4n) is 3.91. The minimum atomic E-state index is -0.524. The second kappa shape index (κ2) is 12.7. The minimum absolute atomic E-state index is 0.0160. The van der Waals surface area contributed by atoms with Crippen molar-refractivity contribution in [3.8, 4) is 0 Å². The van der Waals surface area contributed by atoms with Gasteiger partial charge in [0.1, 0.15) is 6.04 Å². The van der Waals surface area contributed by atoms with Crippen LogP contribution in [0.1, 0.15) is 51.0 Å². The minimum Gasteiger partial charge on any atom is -0.352 e. The van der Waals surface area contributed by atoms with Crippen LogP contribution >= 0.6 is 39.3 Å². The van der Waals surface area contributed by atoms with Gasteiger partial charge in [0.15, 0.2) is 0 Å². The maximum absolute atomic E-state index is 13.2. The van der Waals surface area contributed by atoms with E-state index in [1.165, 1.54) is 6.42 Å². The molecule has 32 heavy (non-hydrogen) atoms. The third-order valence-corrected chi connectivity index (χ3v) is 7.52. The van der Waals surface area contributed by atoms with Crippen LogP contribution in [0, 0.1) is 0 Å². The summed E-state index contributed by atoms with van der Waals surface area (Å²) >= 11 is 11.1. The standard InChI is InChI=1S/C25H30BrClN2O2S/c1-18(25(31)28-22-8-3-2-4-9-22)29(17-19-6-5-7-20(26)16-19)24(30)14-15-32-23-12-10-21(27)11-13-23/h5-7,10-13,16,18,22H,2-4,8-9,14-15,17H2,1H3,(H,28,31). The van der Waals surface area contributed by atoms with Gasteiger partial charge in [-0.1, -0.05) is 58.9 Å².